The van der Waals surface area contributed by atoms with E-state index in [2.05, 4.69) is 0 Å². The molecule has 1 aliphatic rings. The molecule has 0 unspecified atom stereocenters. The van der Waals surface area contributed by atoms with Crippen LogP contribution in [0.25, 0.3) is 0 Å². The third kappa shape index (κ3) is 1.95. The summed E-state index contributed by atoms with van der Waals surface area (Å²) in [6.45, 7) is 0. The van der Waals surface area contributed by atoms with E-state index in [-0.39, 0.29) is 0 Å². The van der Waals surface area contributed by atoms with E-state index in [1.807, 2.05) is 12.1 Å². The first-order valence-corrected chi connectivity index (χ1v) is 5.08. The molecule has 1 saturated carbocycles. The summed E-state index contributed by atoms with van der Waals surface area (Å²) < 4.78 is 0. The normalized spacial score (nSPS) is 16.3. The standard InChI is InChI=1S/C12H14O2/c13-12(14)11-6-2-5-10(8-11)7-9-3-1-4-9/h2,5-6,8-9H,1,3-4,7H2,(H,13,14). The molecule has 0 atom stereocenters. The van der Waals surface area contributed by atoms with E-state index >= 15 is 0 Å². The summed E-state index contributed by atoms with van der Waals surface area (Å²) in [5.41, 5.74) is 1.57. The van der Waals surface area contributed by atoms with E-state index in [1.54, 1.807) is 12.1 Å². The Labute approximate surface area is 83.6 Å². The average molecular weight is 190 g/mol. The van der Waals surface area contributed by atoms with Crippen LogP contribution in [-0.4, -0.2) is 11.1 Å². The summed E-state index contributed by atoms with van der Waals surface area (Å²) in [5.74, 6) is -0.0421. The highest BCUT2D eigenvalue weighted by molar-refractivity contribution is 5.87. The third-order valence-corrected chi connectivity index (χ3v) is 2.92. The molecule has 14 heavy (non-hydrogen) atoms. The highest BCUT2D eigenvalue weighted by Gasteiger charge is 2.17. The first kappa shape index (κ1) is 9.25. The fourth-order valence-electron chi connectivity index (χ4n) is 1.86. The molecule has 0 aromatic heterocycles. The van der Waals surface area contributed by atoms with Crippen molar-refractivity contribution in [1.82, 2.24) is 0 Å². The summed E-state index contributed by atoms with van der Waals surface area (Å²) in [5, 5.41) is 8.81. The Balaban J connectivity index is 2.09. The van der Waals surface area contributed by atoms with Gasteiger partial charge in [-0.3, -0.25) is 0 Å². The van der Waals surface area contributed by atoms with Crippen molar-refractivity contribution in [1.29, 1.82) is 0 Å². The van der Waals surface area contributed by atoms with Crippen molar-refractivity contribution in [3.8, 4) is 0 Å². The van der Waals surface area contributed by atoms with Crippen molar-refractivity contribution in [2.75, 3.05) is 0 Å². The summed E-state index contributed by atoms with van der Waals surface area (Å²) in [4.78, 5) is 10.7. The molecule has 74 valence electrons. The van der Waals surface area contributed by atoms with Crippen molar-refractivity contribution in [2.24, 2.45) is 5.92 Å². The molecule has 0 heterocycles. The van der Waals surface area contributed by atoms with Gasteiger partial charge in [-0.15, -0.1) is 0 Å². The zero-order valence-electron chi connectivity index (χ0n) is 8.07. The number of rotatable bonds is 3. The molecule has 0 saturated heterocycles. The molecule has 1 N–H and O–H groups in total. The van der Waals surface area contributed by atoms with Crippen LogP contribution in [0.4, 0.5) is 0 Å². The lowest BCUT2D eigenvalue weighted by molar-refractivity contribution is 0.0696. The van der Waals surface area contributed by atoms with Crippen LogP contribution in [0, 0.1) is 5.92 Å². The van der Waals surface area contributed by atoms with Gasteiger partial charge in [0.15, 0.2) is 0 Å². The number of carboxylic acid groups (broad SMARTS) is 1. The Bertz CT molecular complexity index is 340. The third-order valence-electron chi connectivity index (χ3n) is 2.92. The summed E-state index contributed by atoms with van der Waals surface area (Å²) in [7, 11) is 0. The minimum atomic E-state index is -0.833. The van der Waals surface area contributed by atoms with Crippen molar-refractivity contribution >= 4 is 5.97 Å². The molecule has 2 heteroatoms. The second kappa shape index (κ2) is 3.82. The average Bonchev–Trinajstić information content (AvgIpc) is 2.12. The van der Waals surface area contributed by atoms with Gasteiger partial charge in [-0.1, -0.05) is 31.4 Å². The molecule has 1 aromatic rings. The van der Waals surface area contributed by atoms with E-state index in [9.17, 15) is 4.79 Å². The Morgan fingerprint density at radius 2 is 2.21 bits per heavy atom. The SMILES string of the molecule is O=C(O)c1cccc(CC2CCC2)c1. The van der Waals surface area contributed by atoms with Gasteiger partial charge in [0.25, 0.3) is 0 Å². The molecular weight excluding hydrogens is 176 g/mol. The second-order valence-electron chi connectivity index (χ2n) is 4.01. The van der Waals surface area contributed by atoms with Crippen LogP contribution < -0.4 is 0 Å². The van der Waals surface area contributed by atoms with Crippen LogP contribution in [0.15, 0.2) is 24.3 Å². The van der Waals surface area contributed by atoms with Crippen molar-refractivity contribution < 1.29 is 9.90 Å². The largest absolute Gasteiger partial charge is 0.478 e. The highest BCUT2D eigenvalue weighted by atomic mass is 16.4. The van der Waals surface area contributed by atoms with Gasteiger partial charge in [0, 0.05) is 0 Å². The minimum absolute atomic E-state index is 0.404. The van der Waals surface area contributed by atoms with E-state index in [4.69, 9.17) is 5.11 Å². The number of carbonyl (C=O) groups is 1. The molecule has 0 amide bonds. The zero-order valence-corrected chi connectivity index (χ0v) is 8.07. The predicted octanol–water partition coefficient (Wildman–Crippen LogP) is 2.73. The number of aromatic carboxylic acids is 1. The molecule has 1 fully saturated rings. The Morgan fingerprint density at radius 1 is 1.43 bits per heavy atom. The van der Waals surface area contributed by atoms with Crippen LogP contribution in [0.2, 0.25) is 0 Å². The topological polar surface area (TPSA) is 37.3 Å². The Morgan fingerprint density at radius 3 is 2.79 bits per heavy atom. The number of carboxylic acids is 1. The highest BCUT2D eigenvalue weighted by Crippen LogP contribution is 2.29. The zero-order chi connectivity index (χ0) is 9.97. The van der Waals surface area contributed by atoms with E-state index in [0.29, 0.717) is 5.56 Å². The second-order valence-corrected chi connectivity index (χ2v) is 4.01. The van der Waals surface area contributed by atoms with Gasteiger partial charge in [-0.2, -0.15) is 0 Å². The number of hydrogen-bond donors (Lipinski definition) is 1. The van der Waals surface area contributed by atoms with E-state index < -0.39 is 5.97 Å². The molecule has 2 nitrogen and oxygen atoms in total. The molecule has 2 rings (SSSR count). The van der Waals surface area contributed by atoms with Gasteiger partial charge in [0.05, 0.1) is 5.56 Å². The van der Waals surface area contributed by atoms with E-state index in [0.717, 1.165) is 17.9 Å². The molecule has 1 aromatic carbocycles. The maximum absolute atomic E-state index is 10.7. The van der Waals surface area contributed by atoms with Crippen molar-refractivity contribution in [3.63, 3.8) is 0 Å². The van der Waals surface area contributed by atoms with Gasteiger partial charge >= 0.3 is 5.97 Å². The lowest BCUT2D eigenvalue weighted by atomic mass is 9.81. The van der Waals surface area contributed by atoms with Gasteiger partial charge in [0.1, 0.15) is 0 Å². The molecule has 0 bridgehead atoms. The number of benzene rings is 1. The van der Waals surface area contributed by atoms with Crippen LogP contribution in [0.5, 0.6) is 0 Å². The first-order valence-electron chi connectivity index (χ1n) is 5.08. The number of hydrogen-bond acceptors (Lipinski definition) is 1. The lowest BCUT2D eigenvalue weighted by Crippen LogP contribution is -2.13. The van der Waals surface area contributed by atoms with Crippen LogP contribution >= 0.6 is 0 Å². The Kier molecular flexibility index (Phi) is 2.53. The molecule has 1 aliphatic carbocycles. The van der Waals surface area contributed by atoms with Gasteiger partial charge in [-0.25, -0.2) is 4.79 Å². The van der Waals surface area contributed by atoms with Crippen LogP contribution in [0.3, 0.4) is 0 Å². The molecule has 0 aliphatic heterocycles. The Hall–Kier alpha value is -1.31. The lowest BCUT2D eigenvalue weighted by Gasteiger charge is -2.25. The predicted molar refractivity (Wildman–Crippen MR) is 54.4 cm³/mol. The molecule has 0 spiro atoms. The summed E-state index contributed by atoms with van der Waals surface area (Å²) in [6.07, 6.45) is 4.99. The van der Waals surface area contributed by atoms with Crippen molar-refractivity contribution in [2.45, 2.75) is 25.7 Å². The first-order chi connectivity index (χ1) is 6.75. The van der Waals surface area contributed by atoms with Crippen LogP contribution in [0.1, 0.15) is 35.2 Å². The minimum Gasteiger partial charge on any atom is -0.478 e. The summed E-state index contributed by atoms with van der Waals surface area (Å²) >= 11 is 0. The quantitative estimate of drug-likeness (QED) is 0.795. The fourth-order valence-corrected chi connectivity index (χ4v) is 1.86. The van der Waals surface area contributed by atoms with Gasteiger partial charge in [0.2, 0.25) is 0 Å². The molecule has 0 radical (unpaired) electrons. The van der Waals surface area contributed by atoms with Gasteiger partial charge < -0.3 is 5.11 Å². The van der Waals surface area contributed by atoms with Crippen molar-refractivity contribution in [3.05, 3.63) is 35.4 Å². The van der Waals surface area contributed by atoms with Crippen LogP contribution in [-0.2, 0) is 6.42 Å². The monoisotopic (exact) mass is 190 g/mol. The smallest absolute Gasteiger partial charge is 0.335 e. The van der Waals surface area contributed by atoms with Gasteiger partial charge in [-0.05, 0) is 30.0 Å². The van der Waals surface area contributed by atoms with E-state index in [1.165, 1.54) is 19.3 Å². The maximum Gasteiger partial charge on any atom is 0.335 e. The summed E-state index contributed by atoms with van der Waals surface area (Å²) in [6, 6.07) is 7.29. The maximum atomic E-state index is 10.7. The molecular formula is C12H14O2. The fraction of sp³-hybridized carbons (Fsp3) is 0.417.